The number of para-hydroxylation sites is 2. The Hall–Kier alpha value is -4.26. The molecule has 0 saturated carbocycles. The van der Waals surface area contributed by atoms with Crippen molar-refractivity contribution in [1.29, 1.82) is 0 Å². The van der Waals surface area contributed by atoms with Crippen molar-refractivity contribution in [3.05, 3.63) is 106 Å². The first kappa shape index (κ1) is 20.0. The smallest absolute Gasteiger partial charge is 0.282 e. The topological polar surface area (TPSA) is 89.1 Å². The van der Waals surface area contributed by atoms with Crippen molar-refractivity contribution in [2.75, 3.05) is 0 Å². The van der Waals surface area contributed by atoms with E-state index in [0.29, 0.717) is 28.0 Å². The number of benzene rings is 3. The summed E-state index contributed by atoms with van der Waals surface area (Å²) in [6.07, 6.45) is 1.41. The van der Waals surface area contributed by atoms with Gasteiger partial charge < -0.3 is 9.94 Å². The van der Waals surface area contributed by atoms with E-state index in [1.54, 1.807) is 42.5 Å². The summed E-state index contributed by atoms with van der Waals surface area (Å²) in [6, 6.07) is 23.4. The van der Waals surface area contributed by atoms with Gasteiger partial charge in [0.25, 0.3) is 5.56 Å². The van der Waals surface area contributed by atoms with Crippen LogP contribution in [-0.2, 0) is 11.4 Å². The molecule has 0 saturated heterocycles. The molecule has 0 aliphatic carbocycles. The summed E-state index contributed by atoms with van der Waals surface area (Å²) in [4.78, 5) is 23.1. The Morgan fingerprint density at radius 2 is 1.74 bits per heavy atom. The predicted octanol–water partition coefficient (Wildman–Crippen LogP) is 3.93. The largest absolute Gasteiger partial charge is 0.507 e. The lowest BCUT2D eigenvalue weighted by molar-refractivity contribution is 0.122. The first-order chi connectivity index (χ1) is 15.1. The maximum Gasteiger partial charge on any atom is 0.282 e. The summed E-state index contributed by atoms with van der Waals surface area (Å²) in [5, 5.41) is 18.8. The van der Waals surface area contributed by atoms with Gasteiger partial charge in [0.05, 0.1) is 22.8 Å². The van der Waals surface area contributed by atoms with Crippen LogP contribution in [0.15, 0.2) is 93.9 Å². The van der Waals surface area contributed by atoms with E-state index in [1.165, 1.54) is 10.9 Å². The molecule has 0 aliphatic rings. The van der Waals surface area contributed by atoms with Gasteiger partial charge >= 0.3 is 0 Å². The van der Waals surface area contributed by atoms with E-state index in [-0.39, 0.29) is 17.9 Å². The molecule has 0 unspecified atom stereocenters. The fourth-order valence-corrected chi connectivity index (χ4v) is 3.02. The molecule has 0 aliphatic heterocycles. The summed E-state index contributed by atoms with van der Waals surface area (Å²) in [5.41, 5.74) is 2.33. The quantitative estimate of drug-likeness (QED) is 0.384. The third kappa shape index (κ3) is 4.51. The van der Waals surface area contributed by atoms with Crippen molar-refractivity contribution >= 4 is 22.8 Å². The highest BCUT2D eigenvalue weighted by Gasteiger charge is 2.11. The fourth-order valence-electron chi connectivity index (χ4n) is 3.02. The number of hydrogen-bond acceptors (Lipinski definition) is 6. The van der Waals surface area contributed by atoms with Gasteiger partial charge in [-0.05, 0) is 36.8 Å². The zero-order valence-corrected chi connectivity index (χ0v) is 16.8. The van der Waals surface area contributed by atoms with E-state index in [9.17, 15) is 9.90 Å². The maximum atomic E-state index is 13.0. The van der Waals surface area contributed by atoms with Gasteiger partial charge in [-0.3, -0.25) is 4.79 Å². The van der Waals surface area contributed by atoms with Gasteiger partial charge in [0.1, 0.15) is 5.75 Å². The minimum atomic E-state index is -0.334. The van der Waals surface area contributed by atoms with Crippen LogP contribution in [0.3, 0.4) is 0 Å². The number of aromatic nitrogens is 2. The standard InChI is InChI=1S/C24H20N4O3/c1-17(18-9-3-2-4-10-18)27-31-16-23-26-21-13-7-6-12-20(21)24(30)28(23)25-15-19-11-5-8-14-22(19)29/h2-15,29H,16H2,1H3. The Labute approximate surface area is 178 Å². The van der Waals surface area contributed by atoms with E-state index in [4.69, 9.17) is 4.84 Å². The minimum absolute atomic E-state index is 0.0532. The molecule has 0 radical (unpaired) electrons. The van der Waals surface area contributed by atoms with Gasteiger partial charge in [0.2, 0.25) is 0 Å². The van der Waals surface area contributed by atoms with Crippen LogP contribution in [-0.4, -0.2) is 26.7 Å². The lowest BCUT2D eigenvalue weighted by Crippen LogP contribution is -2.22. The number of phenols is 1. The second-order valence-corrected chi connectivity index (χ2v) is 6.78. The van der Waals surface area contributed by atoms with Gasteiger partial charge in [0, 0.05) is 5.56 Å². The van der Waals surface area contributed by atoms with Crippen molar-refractivity contribution in [2.45, 2.75) is 13.5 Å². The molecular formula is C24H20N4O3. The molecule has 0 fully saturated rings. The van der Waals surface area contributed by atoms with Crippen molar-refractivity contribution in [3.8, 4) is 5.75 Å². The molecule has 4 aromatic rings. The van der Waals surface area contributed by atoms with Gasteiger partial charge in [-0.25, -0.2) is 4.98 Å². The molecule has 31 heavy (non-hydrogen) atoms. The van der Waals surface area contributed by atoms with Crippen LogP contribution >= 0.6 is 0 Å². The number of nitrogens with zero attached hydrogens (tertiary/aromatic N) is 4. The van der Waals surface area contributed by atoms with Crippen molar-refractivity contribution in [2.24, 2.45) is 10.3 Å². The molecule has 0 amide bonds. The second kappa shape index (κ2) is 9.04. The number of rotatable bonds is 6. The second-order valence-electron chi connectivity index (χ2n) is 6.78. The molecule has 7 nitrogen and oxygen atoms in total. The van der Waals surface area contributed by atoms with Gasteiger partial charge in [-0.2, -0.15) is 9.78 Å². The summed E-state index contributed by atoms with van der Waals surface area (Å²) >= 11 is 0. The average Bonchev–Trinajstić information content (AvgIpc) is 2.80. The number of oxime groups is 1. The average molecular weight is 412 g/mol. The van der Waals surface area contributed by atoms with Gasteiger partial charge in [0.15, 0.2) is 12.4 Å². The van der Waals surface area contributed by atoms with Crippen molar-refractivity contribution < 1.29 is 9.94 Å². The van der Waals surface area contributed by atoms with Crippen LogP contribution in [0.4, 0.5) is 0 Å². The molecule has 3 aromatic carbocycles. The first-order valence-electron chi connectivity index (χ1n) is 9.68. The lowest BCUT2D eigenvalue weighted by Gasteiger charge is -2.09. The predicted molar refractivity (Wildman–Crippen MR) is 121 cm³/mol. The minimum Gasteiger partial charge on any atom is -0.507 e. The number of aromatic hydroxyl groups is 1. The Morgan fingerprint density at radius 3 is 2.55 bits per heavy atom. The van der Waals surface area contributed by atoms with Gasteiger partial charge in [-0.1, -0.05) is 59.8 Å². The third-order valence-corrected chi connectivity index (χ3v) is 4.66. The zero-order chi connectivity index (χ0) is 21.6. The molecule has 7 heteroatoms. The van der Waals surface area contributed by atoms with E-state index in [0.717, 1.165) is 5.56 Å². The maximum absolute atomic E-state index is 13.0. The molecule has 154 valence electrons. The van der Waals surface area contributed by atoms with Crippen LogP contribution in [0.1, 0.15) is 23.9 Å². The highest BCUT2D eigenvalue weighted by atomic mass is 16.6. The highest BCUT2D eigenvalue weighted by Crippen LogP contribution is 2.14. The number of phenolic OH excluding ortho intramolecular Hbond substituents is 1. The van der Waals surface area contributed by atoms with Crippen LogP contribution in [0.25, 0.3) is 10.9 Å². The van der Waals surface area contributed by atoms with Crippen LogP contribution in [0.5, 0.6) is 5.75 Å². The van der Waals surface area contributed by atoms with E-state index in [1.807, 2.05) is 43.3 Å². The summed E-state index contributed by atoms with van der Waals surface area (Å²) in [6.45, 7) is 1.79. The molecule has 0 bridgehead atoms. The van der Waals surface area contributed by atoms with Crippen molar-refractivity contribution in [3.63, 3.8) is 0 Å². The Kier molecular flexibility index (Phi) is 5.84. The van der Waals surface area contributed by atoms with E-state index >= 15 is 0 Å². The SMILES string of the molecule is CC(=NOCc1nc2ccccc2c(=O)n1N=Cc1ccccc1O)c1ccccc1. The zero-order valence-electron chi connectivity index (χ0n) is 16.8. The van der Waals surface area contributed by atoms with Crippen LogP contribution in [0, 0.1) is 0 Å². The Bertz CT molecular complexity index is 1330. The van der Waals surface area contributed by atoms with Crippen LogP contribution in [0.2, 0.25) is 0 Å². The molecule has 0 spiro atoms. The highest BCUT2D eigenvalue weighted by molar-refractivity contribution is 5.98. The molecule has 0 atom stereocenters. The van der Waals surface area contributed by atoms with E-state index in [2.05, 4.69) is 15.2 Å². The number of fused-ring (bicyclic) bond motifs is 1. The Balaban J connectivity index is 1.69. The normalized spacial score (nSPS) is 11.8. The summed E-state index contributed by atoms with van der Waals surface area (Å²) in [7, 11) is 0. The number of hydrogen-bond donors (Lipinski definition) is 1. The fraction of sp³-hybridized carbons (Fsp3) is 0.0833. The summed E-state index contributed by atoms with van der Waals surface area (Å²) < 4.78 is 1.17. The monoisotopic (exact) mass is 412 g/mol. The van der Waals surface area contributed by atoms with Crippen molar-refractivity contribution in [1.82, 2.24) is 9.66 Å². The lowest BCUT2D eigenvalue weighted by atomic mass is 10.1. The van der Waals surface area contributed by atoms with Crippen LogP contribution < -0.4 is 5.56 Å². The molecule has 1 N–H and O–H groups in total. The molecular weight excluding hydrogens is 392 g/mol. The van der Waals surface area contributed by atoms with E-state index < -0.39 is 0 Å². The molecule has 1 aromatic heterocycles. The summed E-state index contributed by atoms with van der Waals surface area (Å²) in [5.74, 6) is 0.355. The van der Waals surface area contributed by atoms with Gasteiger partial charge in [-0.15, -0.1) is 0 Å². The third-order valence-electron chi connectivity index (χ3n) is 4.66. The first-order valence-corrected chi connectivity index (χ1v) is 9.68. The molecule has 4 rings (SSSR count). The molecule has 1 heterocycles. The Morgan fingerprint density at radius 1 is 1.03 bits per heavy atom.